The maximum absolute atomic E-state index is 12.8. The van der Waals surface area contributed by atoms with Gasteiger partial charge >= 0.3 is 0 Å². The summed E-state index contributed by atoms with van der Waals surface area (Å²) < 4.78 is 28.1. The third-order valence-corrected chi connectivity index (χ3v) is 8.70. The van der Waals surface area contributed by atoms with Gasteiger partial charge in [-0.3, -0.25) is 4.79 Å². The van der Waals surface area contributed by atoms with Crippen LogP contribution in [0.2, 0.25) is 0 Å². The number of amides is 1. The summed E-state index contributed by atoms with van der Waals surface area (Å²) in [4.78, 5) is 12.7. The molecule has 1 aromatic carbocycles. The van der Waals surface area contributed by atoms with Gasteiger partial charge in [-0.2, -0.15) is 4.31 Å². The normalized spacial score (nSPS) is 18.6. The van der Waals surface area contributed by atoms with Crippen molar-refractivity contribution in [2.24, 2.45) is 5.92 Å². The van der Waals surface area contributed by atoms with Crippen LogP contribution in [0.15, 0.2) is 44.4 Å². The molecule has 1 aromatic heterocycles. The monoisotopic (exact) mass is 470 g/mol. The summed E-state index contributed by atoms with van der Waals surface area (Å²) in [5, 5.41) is 2.93. The molecular formula is C19H23BrN2O3S2. The number of carbonyl (C=O) groups excluding carboxylic acids is 1. The van der Waals surface area contributed by atoms with Gasteiger partial charge in [-0.25, -0.2) is 8.42 Å². The first-order valence-corrected chi connectivity index (χ1v) is 12.0. The number of nitrogens with zero attached hydrogens (tertiary/aromatic N) is 1. The van der Waals surface area contributed by atoms with Crippen molar-refractivity contribution < 1.29 is 13.2 Å². The lowest BCUT2D eigenvalue weighted by atomic mass is 9.98. The average Bonchev–Trinajstić information content (AvgIpc) is 3.09. The minimum Gasteiger partial charge on any atom is -0.326 e. The van der Waals surface area contributed by atoms with Gasteiger partial charge in [0.2, 0.25) is 5.91 Å². The SMILES string of the molecule is CC(C)c1ccc(NC(=O)[C@H]2CCCN(S(=O)(=O)c3ccc(Br)s3)C2)cc1. The minimum atomic E-state index is -3.55. The molecule has 8 heteroatoms. The van der Waals surface area contributed by atoms with Crippen molar-refractivity contribution >= 4 is 48.9 Å². The fourth-order valence-corrected chi connectivity index (χ4v) is 6.82. The van der Waals surface area contributed by atoms with Crippen LogP contribution < -0.4 is 5.32 Å². The van der Waals surface area contributed by atoms with Crippen LogP contribution in [0.4, 0.5) is 5.69 Å². The second-order valence-corrected chi connectivity index (χ2v) is 11.7. The number of halogens is 1. The van der Waals surface area contributed by atoms with E-state index < -0.39 is 10.0 Å². The van der Waals surface area contributed by atoms with Crippen molar-refractivity contribution in [3.8, 4) is 0 Å². The highest BCUT2D eigenvalue weighted by molar-refractivity contribution is 9.11. The summed E-state index contributed by atoms with van der Waals surface area (Å²) in [5.74, 6) is -0.0367. The molecule has 2 aromatic rings. The van der Waals surface area contributed by atoms with E-state index in [0.717, 1.165) is 9.47 Å². The Morgan fingerprint density at radius 2 is 1.93 bits per heavy atom. The molecular weight excluding hydrogens is 448 g/mol. The lowest BCUT2D eigenvalue weighted by Gasteiger charge is -2.30. The van der Waals surface area contributed by atoms with Gasteiger partial charge < -0.3 is 5.32 Å². The number of nitrogens with one attached hydrogen (secondary N) is 1. The molecule has 0 bridgehead atoms. The molecule has 27 heavy (non-hydrogen) atoms. The van der Waals surface area contributed by atoms with Crippen LogP contribution in [0.3, 0.4) is 0 Å². The molecule has 146 valence electrons. The van der Waals surface area contributed by atoms with Gasteiger partial charge in [0.25, 0.3) is 10.0 Å². The lowest BCUT2D eigenvalue weighted by molar-refractivity contribution is -0.120. The van der Waals surface area contributed by atoms with E-state index in [1.807, 2.05) is 24.3 Å². The highest BCUT2D eigenvalue weighted by atomic mass is 79.9. The van der Waals surface area contributed by atoms with Gasteiger partial charge in [0.1, 0.15) is 4.21 Å². The van der Waals surface area contributed by atoms with E-state index in [2.05, 4.69) is 35.1 Å². The predicted octanol–water partition coefficient (Wildman–Crippen LogP) is 4.67. The molecule has 1 fully saturated rings. The number of anilines is 1. The summed E-state index contributed by atoms with van der Waals surface area (Å²) >= 11 is 4.50. The average molecular weight is 471 g/mol. The van der Waals surface area contributed by atoms with Crippen LogP contribution in [-0.2, 0) is 14.8 Å². The topological polar surface area (TPSA) is 66.5 Å². The predicted molar refractivity (Wildman–Crippen MR) is 113 cm³/mol. The Bertz CT molecular complexity index is 907. The molecule has 1 aliphatic rings. The third kappa shape index (κ3) is 4.80. The Morgan fingerprint density at radius 3 is 2.52 bits per heavy atom. The van der Waals surface area contributed by atoms with Crippen LogP contribution >= 0.6 is 27.3 Å². The van der Waals surface area contributed by atoms with Crippen LogP contribution in [0.5, 0.6) is 0 Å². The summed E-state index contributed by atoms with van der Waals surface area (Å²) in [6.45, 7) is 4.91. The Balaban J connectivity index is 1.67. The molecule has 1 amide bonds. The maximum Gasteiger partial charge on any atom is 0.252 e. The molecule has 0 aliphatic carbocycles. The summed E-state index contributed by atoms with van der Waals surface area (Å²) in [6, 6.07) is 11.1. The molecule has 0 unspecified atom stereocenters. The molecule has 5 nitrogen and oxygen atoms in total. The molecule has 2 heterocycles. The van der Waals surface area contributed by atoms with E-state index in [4.69, 9.17) is 0 Å². The standard InChI is InChI=1S/C19H23BrN2O3S2/c1-13(2)14-5-7-16(8-6-14)21-19(23)15-4-3-11-22(12-15)27(24,25)18-10-9-17(20)26-18/h5-10,13,15H,3-4,11-12H2,1-2H3,(H,21,23)/t15-/m0/s1. The van der Waals surface area contributed by atoms with E-state index in [1.165, 1.54) is 21.2 Å². The number of rotatable bonds is 5. The van der Waals surface area contributed by atoms with Crippen molar-refractivity contribution in [1.29, 1.82) is 0 Å². The highest BCUT2D eigenvalue weighted by Gasteiger charge is 2.34. The number of piperidine rings is 1. The Labute approximate surface area is 173 Å². The zero-order valence-electron chi connectivity index (χ0n) is 15.3. The van der Waals surface area contributed by atoms with Gasteiger partial charge in [-0.05, 0) is 64.5 Å². The quantitative estimate of drug-likeness (QED) is 0.689. The second kappa shape index (κ2) is 8.43. The largest absolute Gasteiger partial charge is 0.326 e. The molecule has 0 spiro atoms. The zero-order valence-corrected chi connectivity index (χ0v) is 18.5. The molecule has 0 radical (unpaired) electrons. The second-order valence-electron chi connectivity index (χ2n) is 7.03. The van der Waals surface area contributed by atoms with E-state index in [9.17, 15) is 13.2 Å². The van der Waals surface area contributed by atoms with Gasteiger partial charge in [-0.15, -0.1) is 11.3 Å². The van der Waals surface area contributed by atoms with Crippen molar-refractivity contribution in [3.63, 3.8) is 0 Å². The van der Waals surface area contributed by atoms with Gasteiger partial charge in [0, 0.05) is 18.8 Å². The molecule has 1 atom stereocenters. The molecule has 1 N–H and O–H groups in total. The van der Waals surface area contributed by atoms with E-state index in [0.29, 0.717) is 29.5 Å². The van der Waals surface area contributed by atoms with Crippen molar-refractivity contribution in [2.75, 3.05) is 18.4 Å². The smallest absolute Gasteiger partial charge is 0.252 e. The lowest BCUT2D eigenvalue weighted by Crippen LogP contribution is -2.43. The number of hydrogen-bond acceptors (Lipinski definition) is 4. The first-order valence-electron chi connectivity index (χ1n) is 8.93. The number of sulfonamides is 1. The van der Waals surface area contributed by atoms with E-state index in [-0.39, 0.29) is 18.4 Å². The van der Waals surface area contributed by atoms with E-state index >= 15 is 0 Å². The van der Waals surface area contributed by atoms with Gasteiger partial charge in [0.05, 0.1) is 9.70 Å². The fraction of sp³-hybridized carbons (Fsp3) is 0.421. The van der Waals surface area contributed by atoms with Crippen molar-refractivity contribution in [1.82, 2.24) is 4.31 Å². The van der Waals surface area contributed by atoms with Crippen LogP contribution in [0.25, 0.3) is 0 Å². The number of benzene rings is 1. The highest BCUT2D eigenvalue weighted by Crippen LogP contribution is 2.31. The van der Waals surface area contributed by atoms with Crippen LogP contribution in [0, 0.1) is 5.92 Å². The number of thiophene rings is 1. The zero-order chi connectivity index (χ0) is 19.6. The Hall–Kier alpha value is -1.22. The molecule has 3 rings (SSSR count). The molecule has 1 aliphatic heterocycles. The first-order chi connectivity index (χ1) is 12.8. The third-order valence-electron chi connectivity index (χ3n) is 4.74. The first kappa shape index (κ1) is 20.5. The van der Waals surface area contributed by atoms with E-state index in [1.54, 1.807) is 12.1 Å². The van der Waals surface area contributed by atoms with Crippen LogP contribution in [0.1, 0.15) is 38.2 Å². The summed E-state index contributed by atoms with van der Waals surface area (Å²) in [6.07, 6.45) is 1.37. The Morgan fingerprint density at radius 1 is 1.22 bits per heavy atom. The molecule has 0 saturated carbocycles. The maximum atomic E-state index is 12.8. The van der Waals surface area contributed by atoms with Gasteiger partial charge in [-0.1, -0.05) is 26.0 Å². The fourth-order valence-electron chi connectivity index (χ4n) is 3.13. The van der Waals surface area contributed by atoms with Crippen LogP contribution in [-0.4, -0.2) is 31.7 Å². The molecule has 1 saturated heterocycles. The van der Waals surface area contributed by atoms with Crippen molar-refractivity contribution in [3.05, 3.63) is 45.7 Å². The number of hydrogen-bond donors (Lipinski definition) is 1. The minimum absolute atomic E-state index is 0.125. The van der Waals surface area contributed by atoms with Gasteiger partial charge in [0.15, 0.2) is 0 Å². The summed E-state index contributed by atoms with van der Waals surface area (Å²) in [7, 11) is -3.55. The number of carbonyl (C=O) groups is 1. The summed E-state index contributed by atoms with van der Waals surface area (Å²) in [5.41, 5.74) is 1.96. The Kier molecular flexibility index (Phi) is 6.40. The van der Waals surface area contributed by atoms with Crippen molar-refractivity contribution in [2.45, 2.75) is 36.8 Å².